The van der Waals surface area contributed by atoms with Gasteiger partial charge in [0.1, 0.15) is 11.4 Å². The Morgan fingerprint density at radius 3 is 2.90 bits per heavy atom. The van der Waals surface area contributed by atoms with Crippen LogP contribution in [0.5, 0.6) is 5.75 Å². The lowest BCUT2D eigenvalue weighted by Gasteiger charge is -2.39. The fourth-order valence-corrected chi connectivity index (χ4v) is 3.79. The predicted octanol–water partition coefficient (Wildman–Crippen LogP) is 2.94. The molecule has 2 fully saturated rings. The van der Waals surface area contributed by atoms with Crippen molar-refractivity contribution in [1.29, 1.82) is 5.26 Å². The first-order valence-corrected chi connectivity index (χ1v) is 7.24. The molecule has 0 aromatic heterocycles. The maximum Gasteiger partial charge on any atom is 0.172 e. The van der Waals surface area contributed by atoms with Gasteiger partial charge in [-0.15, -0.1) is 0 Å². The number of hydroxylamine groups is 2. The van der Waals surface area contributed by atoms with Gasteiger partial charge in [0.25, 0.3) is 0 Å². The Balaban J connectivity index is 1.82. The van der Waals surface area contributed by atoms with Gasteiger partial charge in [-0.05, 0) is 51.3 Å². The van der Waals surface area contributed by atoms with Gasteiger partial charge in [0.2, 0.25) is 0 Å². The van der Waals surface area contributed by atoms with Crippen molar-refractivity contribution in [3.63, 3.8) is 0 Å². The first kappa shape index (κ1) is 12.2. The van der Waals surface area contributed by atoms with Gasteiger partial charge >= 0.3 is 0 Å². The molecule has 0 saturated carbocycles. The van der Waals surface area contributed by atoms with Gasteiger partial charge in [-0.3, -0.25) is 4.84 Å². The Morgan fingerprint density at radius 2 is 2.25 bits per heavy atom. The standard InChI is InChI=1S/C16H18N2O2/c1-15(2)9-13(16-6-3-7-18(16)20-16)12-8-11(10-17)4-5-14(12)19-15/h4-5,8,13H,3,6-7,9H2,1-2H3. The van der Waals surface area contributed by atoms with Crippen molar-refractivity contribution in [3.8, 4) is 11.8 Å². The minimum absolute atomic E-state index is 0.135. The fraction of sp³-hybridized carbons (Fsp3) is 0.562. The molecular formula is C16H18N2O2. The smallest absolute Gasteiger partial charge is 0.172 e. The number of hydrogen-bond donors (Lipinski definition) is 0. The second kappa shape index (κ2) is 3.75. The zero-order chi connectivity index (χ0) is 14.0. The highest BCUT2D eigenvalue weighted by atomic mass is 16.9. The van der Waals surface area contributed by atoms with E-state index in [0.29, 0.717) is 5.56 Å². The number of ether oxygens (including phenoxy) is 1. The van der Waals surface area contributed by atoms with Gasteiger partial charge in [0, 0.05) is 18.0 Å². The second-order valence-electron chi connectivity index (χ2n) is 6.62. The number of nitriles is 1. The average molecular weight is 270 g/mol. The van der Waals surface area contributed by atoms with Crippen LogP contribution in [0.25, 0.3) is 0 Å². The van der Waals surface area contributed by atoms with Crippen molar-refractivity contribution in [3.05, 3.63) is 29.3 Å². The first-order valence-electron chi connectivity index (χ1n) is 7.24. The minimum atomic E-state index is -0.194. The van der Waals surface area contributed by atoms with Crippen LogP contribution >= 0.6 is 0 Å². The van der Waals surface area contributed by atoms with Gasteiger partial charge in [0.05, 0.1) is 11.6 Å². The third kappa shape index (κ3) is 1.60. The SMILES string of the molecule is CC1(C)CC(C23CCCN2O3)c2cc(C#N)ccc2O1. The number of benzene rings is 1. The zero-order valence-electron chi connectivity index (χ0n) is 11.8. The van der Waals surface area contributed by atoms with E-state index in [0.717, 1.165) is 30.7 Å². The van der Waals surface area contributed by atoms with Gasteiger partial charge in [-0.25, -0.2) is 0 Å². The Kier molecular flexibility index (Phi) is 2.28. The quantitative estimate of drug-likeness (QED) is 0.736. The molecule has 3 unspecified atom stereocenters. The lowest BCUT2D eigenvalue weighted by Crippen LogP contribution is -2.40. The van der Waals surface area contributed by atoms with Crippen LogP contribution in [0, 0.1) is 11.3 Å². The van der Waals surface area contributed by atoms with Gasteiger partial charge in [0.15, 0.2) is 5.72 Å². The number of fused-ring (bicyclic) bond motifs is 2. The van der Waals surface area contributed by atoms with E-state index >= 15 is 0 Å². The second-order valence-corrected chi connectivity index (χ2v) is 6.62. The third-order valence-corrected chi connectivity index (χ3v) is 4.69. The molecule has 3 atom stereocenters. The molecular weight excluding hydrogens is 252 g/mol. The number of rotatable bonds is 1. The third-order valence-electron chi connectivity index (χ3n) is 4.69. The molecule has 0 aliphatic carbocycles. The molecule has 2 saturated heterocycles. The van der Waals surface area contributed by atoms with Crippen LogP contribution < -0.4 is 4.74 Å². The van der Waals surface area contributed by atoms with E-state index in [-0.39, 0.29) is 17.2 Å². The van der Waals surface area contributed by atoms with Gasteiger partial charge in [-0.1, -0.05) is 0 Å². The highest BCUT2D eigenvalue weighted by molar-refractivity contribution is 5.47. The van der Waals surface area contributed by atoms with E-state index in [4.69, 9.17) is 14.8 Å². The summed E-state index contributed by atoms with van der Waals surface area (Å²) in [6.07, 6.45) is 3.18. The molecule has 0 spiro atoms. The van der Waals surface area contributed by atoms with Crippen LogP contribution in [0.2, 0.25) is 0 Å². The monoisotopic (exact) mass is 270 g/mol. The maximum absolute atomic E-state index is 9.14. The summed E-state index contributed by atoms with van der Waals surface area (Å²) in [5.74, 6) is 1.19. The van der Waals surface area contributed by atoms with E-state index in [2.05, 4.69) is 25.0 Å². The highest BCUT2D eigenvalue weighted by Crippen LogP contribution is 2.59. The minimum Gasteiger partial charge on any atom is -0.488 e. The highest BCUT2D eigenvalue weighted by Gasteiger charge is 2.65. The topological polar surface area (TPSA) is 48.6 Å². The predicted molar refractivity (Wildman–Crippen MR) is 73.0 cm³/mol. The summed E-state index contributed by atoms with van der Waals surface area (Å²) in [4.78, 5) is 5.90. The molecule has 4 heteroatoms. The van der Waals surface area contributed by atoms with Crippen molar-refractivity contribution in [2.75, 3.05) is 6.54 Å². The molecule has 1 aromatic carbocycles. The Morgan fingerprint density at radius 1 is 1.40 bits per heavy atom. The van der Waals surface area contributed by atoms with E-state index in [1.807, 2.05) is 18.2 Å². The van der Waals surface area contributed by atoms with E-state index in [1.54, 1.807) is 0 Å². The molecule has 3 heterocycles. The molecule has 3 aliphatic heterocycles. The number of hydrogen-bond acceptors (Lipinski definition) is 4. The van der Waals surface area contributed by atoms with Crippen molar-refractivity contribution >= 4 is 0 Å². The Labute approximate surface area is 118 Å². The summed E-state index contributed by atoms with van der Waals surface area (Å²) in [5.41, 5.74) is 1.50. The van der Waals surface area contributed by atoms with Crippen molar-refractivity contribution in [2.45, 2.75) is 50.4 Å². The van der Waals surface area contributed by atoms with E-state index in [9.17, 15) is 0 Å². The van der Waals surface area contributed by atoms with E-state index < -0.39 is 0 Å². The fourth-order valence-electron chi connectivity index (χ4n) is 3.79. The molecule has 0 N–H and O–H groups in total. The molecule has 0 amide bonds. The molecule has 4 nitrogen and oxygen atoms in total. The van der Waals surface area contributed by atoms with Crippen LogP contribution in [-0.4, -0.2) is 22.9 Å². The average Bonchev–Trinajstić information content (AvgIpc) is 2.98. The first-order chi connectivity index (χ1) is 9.54. The van der Waals surface area contributed by atoms with Crippen LogP contribution in [-0.2, 0) is 4.84 Å². The van der Waals surface area contributed by atoms with Crippen LogP contribution in [0.3, 0.4) is 0 Å². The lowest BCUT2D eigenvalue weighted by atomic mass is 9.78. The van der Waals surface area contributed by atoms with Crippen LogP contribution in [0.4, 0.5) is 0 Å². The number of nitrogens with zero attached hydrogens (tertiary/aromatic N) is 2. The molecule has 0 bridgehead atoms. The summed E-state index contributed by atoms with van der Waals surface area (Å²) >= 11 is 0. The van der Waals surface area contributed by atoms with Crippen molar-refractivity contribution < 1.29 is 9.57 Å². The summed E-state index contributed by atoms with van der Waals surface area (Å²) in [5, 5.41) is 11.2. The molecule has 20 heavy (non-hydrogen) atoms. The van der Waals surface area contributed by atoms with Crippen molar-refractivity contribution in [1.82, 2.24) is 5.06 Å². The summed E-state index contributed by atoms with van der Waals surface area (Å²) in [7, 11) is 0. The maximum atomic E-state index is 9.14. The Bertz CT molecular complexity index is 619. The van der Waals surface area contributed by atoms with Gasteiger partial charge in [-0.2, -0.15) is 10.3 Å². The molecule has 0 radical (unpaired) electrons. The normalized spacial score (nSPS) is 36.5. The lowest BCUT2D eigenvalue weighted by molar-refractivity contribution is 0.0520. The largest absolute Gasteiger partial charge is 0.488 e. The van der Waals surface area contributed by atoms with Crippen molar-refractivity contribution in [2.24, 2.45) is 0 Å². The molecule has 104 valence electrons. The molecule has 1 aromatic rings. The van der Waals surface area contributed by atoms with E-state index in [1.165, 1.54) is 6.42 Å². The van der Waals surface area contributed by atoms with Crippen LogP contribution in [0.15, 0.2) is 18.2 Å². The summed E-state index contributed by atoms with van der Waals surface area (Å²) in [6.45, 7) is 5.27. The Hall–Kier alpha value is -1.57. The van der Waals surface area contributed by atoms with Gasteiger partial charge < -0.3 is 4.74 Å². The summed E-state index contributed by atoms with van der Waals surface area (Å²) in [6, 6.07) is 7.96. The van der Waals surface area contributed by atoms with Crippen LogP contribution in [0.1, 0.15) is 50.2 Å². The molecule has 4 rings (SSSR count). The molecule has 3 aliphatic rings. The zero-order valence-corrected chi connectivity index (χ0v) is 11.8. The summed E-state index contributed by atoms with van der Waals surface area (Å²) < 4.78 is 6.09.